The first kappa shape index (κ1) is 17.1. The van der Waals surface area contributed by atoms with Crippen molar-refractivity contribution in [2.45, 2.75) is 6.54 Å². The summed E-state index contributed by atoms with van der Waals surface area (Å²) < 4.78 is 2.52. The molecule has 0 aliphatic heterocycles. The molecule has 1 aromatic heterocycles. The van der Waals surface area contributed by atoms with Crippen LogP contribution in [0, 0.1) is 10.1 Å². The molecule has 0 spiro atoms. The van der Waals surface area contributed by atoms with Gasteiger partial charge in [0.05, 0.1) is 15.1 Å². The van der Waals surface area contributed by atoms with E-state index in [-0.39, 0.29) is 5.69 Å². The largest absolute Gasteiger partial charge is 0.312 e. The van der Waals surface area contributed by atoms with Gasteiger partial charge in [-0.15, -0.1) is 6.58 Å². The van der Waals surface area contributed by atoms with Crippen molar-refractivity contribution in [3.63, 3.8) is 0 Å². The number of halogens is 1. The van der Waals surface area contributed by atoms with Gasteiger partial charge in [0.2, 0.25) is 0 Å². The number of hydrogen-bond donors (Lipinski definition) is 0. The zero-order valence-corrected chi connectivity index (χ0v) is 14.5. The maximum absolute atomic E-state index is 12.4. The molecular weight excluding hydrogens is 362 g/mol. The molecular formula is C17H12ClN3O3S. The SMILES string of the molecule is C=CCn1c(=NC(=O)c2cccc(Cl)c2)sc2ccc([N+](=O)[O-])cc21. The number of non-ortho nitro benzene ring substituents is 1. The molecule has 3 rings (SSSR count). The van der Waals surface area contributed by atoms with Gasteiger partial charge in [0.15, 0.2) is 4.80 Å². The summed E-state index contributed by atoms with van der Waals surface area (Å²) in [6.07, 6.45) is 1.65. The molecule has 0 unspecified atom stereocenters. The van der Waals surface area contributed by atoms with Gasteiger partial charge >= 0.3 is 0 Å². The Balaban J connectivity index is 2.17. The average molecular weight is 374 g/mol. The van der Waals surface area contributed by atoms with E-state index in [2.05, 4.69) is 11.6 Å². The fourth-order valence-corrected chi connectivity index (χ4v) is 3.54. The third kappa shape index (κ3) is 3.52. The number of nitro groups is 1. The van der Waals surface area contributed by atoms with Crippen molar-refractivity contribution in [1.29, 1.82) is 0 Å². The van der Waals surface area contributed by atoms with Crippen LogP contribution in [0.3, 0.4) is 0 Å². The number of nitrogens with zero attached hydrogens (tertiary/aromatic N) is 3. The van der Waals surface area contributed by atoms with Gasteiger partial charge in [-0.1, -0.05) is 35.1 Å². The van der Waals surface area contributed by atoms with Gasteiger partial charge in [-0.05, 0) is 24.3 Å². The lowest BCUT2D eigenvalue weighted by molar-refractivity contribution is -0.384. The lowest BCUT2D eigenvalue weighted by Gasteiger charge is -2.01. The highest BCUT2D eigenvalue weighted by atomic mass is 35.5. The van der Waals surface area contributed by atoms with E-state index in [0.29, 0.717) is 27.4 Å². The third-order valence-electron chi connectivity index (χ3n) is 3.46. The first-order chi connectivity index (χ1) is 12.0. The lowest BCUT2D eigenvalue weighted by Crippen LogP contribution is -2.16. The second-order valence-electron chi connectivity index (χ2n) is 5.12. The van der Waals surface area contributed by atoms with Gasteiger partial charge in [-0.25, -0.2) is 0 Å². The van der Waals surface area contributed by atoms with E-state index in [1.54, 1.807) is 41.0 Å². The van der Waals surface area contributed by atoms with Crippen LogP contribution in [0.1, 0.15) is 10.4 Å². The predicted octanol–water partition coefficient (Wildman–Crippen LogP) is 4.19. The summed E-state index contributed by atoms with van der Waals surface area (Å²) in [4.78, 5) is 27.6. The van der Waals surface area contributed by atoms with Crippen molar-refractivity contribution in [2.75, 3.05) is 0 Å². The second kappa shape index (κ2) is 7.00. The maximum atomic E-state index is 12.4. The Kier molecular flexibility index (Phi) is 4.78. The minimum atomic E-state index is -0.455. The summed E-state index contributed by atoms with van der Waals surface area (Å²) >= 11 is 7.19. The van der Waals surface area contributed by atoms with Crippen molar-refractivity contribution < 1.29 is 9.72 Å². The van der Waals surface area contributed by atoms with Crippen LogP contribution in [0.4, 0.5) is 5.69 Å². The van der Waals surface area contributed by atoms with Gasteiger partial charge in [0, 0.05) is 29.3 Å². The molecule has 0 fully saturated rings. The molecule has 0 atom stereocenters. The molecule has 25 heavy (non-hydrogen) atoms. The summed E-state index contributed by atoms with van der Waals surface area (Å²) in [6.45, 7) is 4.07. The number of rotatable bonds is 4. The molecule has 0 radical (unpaired) electrons. The Morgan fingerprint density at radius 3 is 2.84 bits per heavy atom. The van der Waals surface area contributed by atoms with Gasteiger partial charge in [-0.2, -0.15) is 4.99 Å². The fourth-order valence-electron chi connectivity index (χ4n) is 2.33. The van der Waals surface area contributed by atoms with Crippen LogP contribution in [0.15, 0.2) is 60.1 Å². The number of amides is 1. The molecule has 0 aliphatic rings. The van der Waals surface area contributed by atoms with Crippen molar-refractivity contribution in [1.82, 2.24) is 4.57 Å². The molecule has 2 aromatic carbocycles. The number of benzene rings is 2. The van der Waals surface area contributed by atoms with Gasteiger partial charge in [-0.3, -0.25) is 14.9 Å². The fraction of sp³-hybridized carbons (Fsp3) is 0.0588. The van der Waals surface area contributed by atoms with E-state index < -0.39 is 10.8 Å². The Morgan fingerprint density at radius 1 is 1.36 bits per heavy atom. The minimum Gasteiger partial charge on any atom is -0.312 e. The normalized spacial score (nSPS) is 11.6. The lowest BCUT2D eigenvalue weighted by atomic mass is 10.2. The van der Waals surface area contributed by atoms with Crippen LogP contribution in [-0.2, 0) is 6.54 Å². The van der Waals surface area contributed by atoms with Crippen LogP contribution in [-0.4, -0.2) is 15.4 Å². The summed E-state index contributed by atoms with van der Waals surface area (Å²) in [5.41, 5.74) is 0.994. The molecule has 0 bridgehead atoms. The molecule has 0 saturated heterocycles. The minimum absolute atomic E-state index is 0.0178. The Hall–Kier alpha value is -2.77. The number of carbonyl (C=O) groups excluding carboxylic acids is 1. The van der Waals surface area contributed by atoms with Gasteiger partial charge in [0.1, 0.15) is 0 Å². The predicted molar refractivity (Wildman–Crippen MR) is 98.0 cm³/mol. The zero-order valence-electron chi connectivity index (χ0n) is 12.9. The van der Waals surface area contributed by atoms with Gasteiger partial charge in [0.25, 0.3) is 11.6 Å². The second-order valence-corrected chi connectivity index (χ2v) is 6.57. The summed E-state index contributed by atoms with van der Waals surface area (Å²) in [7, 11) is 0. The number of fused-ring (bicyclic) bond motifs is 1. The topological polar surface area (TPSA) is 77.5 Å². The van der Waals surface area contributed by atoms with E-state index in [9.17, 15) is 14.9 Å². The highest BCUT2D eigenvalue weighted by Crippen LogP contribution is 2.23. The summed E-state index contributed by atoms with van der Waals surface area (Å²) in [6, 6.07) is 11.1. The number of carbonyl (C=O) groups is 1. The Morgan fingerprint density at radius 2 is 2.16 bits per heavy atom. The monoisotopic (exact) mass is 373 g/mol. The molecule has 0 N–H and O–H groups in total. The highest BCUT2D eigenvalue weighted by Gasteiger charge is 2.13. The van der Waals surface area contributed by atoms with E-state index in [4.69, 9.17) is 11.6 Å². The molecule has 1 heterocycles. The van der Waals surface area contributed by atoms with Crippen molar-refractivity contribution in [3.8, 4) is 0 Å². The van der Waals surface area contributed by atoms with Crippen molar-refractivity contribution in [2.24, 2.45) is 4.99 Å². The summed E-state index contributed by atoms with van der Waals surface area (Å²) in [5, 5.41) is 11.5. The number of nitro benzene ring substituents is 1. The zero-order chi connectivity index (χ0) is 18.0. The van der Waals surface area contributed by atoms with Crippen LogP contribution in [0.5, 0.6) is 0 Å². The molecule has 0 saturated carbocycles. The smallest absolute Gasteiger partial charge is 0.279 e. The average Bonchev–Trinajstić information content (AvgIpc) is 2.92. The van der Waals surface area contributed by atoms with Crippen molar-refractivity contribution >= 4 is 44.7 Å². The molecule has 126 valence electrons. The van der Waals surface area contributed by atoms with E-state index in [1.165, 1.54) is 23.5 Å². The number of aromatic nitrogens is 1. The maximum Gasteiger partial charge on any atom is 0.279 e. The Bertz CT molecular complexity index is 1070. The molecule has 0 aliphatic carbocycles. The van der Waals surface area contributed by atoms with Crippen LogP contribution >= 0.6 is 22.9 Å². The highest BCUT2D eigenvalue weighted by molar-refractivity contribution is 7.16. The number of allylic oxidation sites excluding steroid dienone is 1. The first-order valence-electron chi connectivity index (χ1n) is 7.23. The number of thiazole rings is 1. The third-order valence-corrected chi connectivity index (χ3v) is 4.75. The van der Waals surface area contributed by atoms with Gasteiger partial charge < -0.3 is 4.57 Å². The molecule has 6 nitrogen and oxygen atoms in total. The van der Waals surface area contributed by atoms with E-state index in [1.807, 2.05) is 0 Å². The van der Waals surface area contributed by atoms with E-state index in [0.717, 1.165) is 4.70 Å². The van der Waals surface area contributed by atoms with Crippen LogP contribution in [0.2, 0.25) is 5.02 Å². The summed E-state index contributed by atoms with van der Waals surface area (Å²) in [5.74, 6) is -0.429. The Labute approximate surface area is 151 Å². The quantitative estimate of drug-likeness (QED) is 0.391. The van der Waals surface area contributed by atoms with Crippen LogP contribution in [0.25, 0.3) is 10.2 Å². The first-order valence-corrected chi connectivity index (χ1v) is 8.42. The number of hydrogen-bond acceptors (Lipinski definition) is 4. The molecule has 3 aromatic rings. The molecule has 1 amide bonds. The standard InChI is InChI=1S/C17H12ClN3O3S/c1-2-8-20-14-10-13(21(23)24)6-7-15(14)25-17(20)19-16(22)11-4-3-5-12(18)9-11/h2-7,9-10H,1,8H2. The van der Waals surface area contributed by atoms with Crippen molar-refractivity contribution in [3.05, 3.63) is 80.6 Å². The van der Waals surface area contributed by atoms with Crippen LogP contribution < -0.4 is 4.80 Å². The van der Waals surface area contributed by atoms with E-state index >= 15 is 0 Å². The molecule has 8 heteroatoms.